The molecule has 0 aliphatic rings. The summed E-state index contributed by atoms with van der Waals surface area (Å²) in [5.41, 5.74) is -0.422. The number of carbonyl (C=O) groups is 1. The third kappa shape index (κ3) is 4.83. The molecule has 128 valence electrons. The average Bonchev–Trinajstić information content (AvgIpc) is 2.50. The van der Waals surface area contributed by atoms with Crippen molar-refractivity contribution in [3.05, 3.63) is 57.5 Å². The lowest BCUT2D eigenvalue weighted by Gasteiger charge is -2.09. The molecule has 0 atom stereocenters. The number of benzene rings is 1. The Balaban J connectivity index is 1.84. The standard InChI is InChI=1S/C15H15F3N4O2/c1-9-8-12(23)22-14(21-9)20-7-6-19-13(24)10-2-4-11(5-3-10)15(16,17)18/h2-5,8H,6-7H2,1H3,(H,19,24)(H2,20,21,22,23). The minimum Gasteiger partial charge on any atom is -0.354 e. The van der Waals surface area contributed by atoms with Gasteiger partial charge in [0, 0.05) is 30.4 Å². The van der Waals surface area contributed by atoms with Gasteiger partial charge in [0.1, 0.15) is 0 Å². The maximum absolute atomic E-state index is 12.4. The molecule has 2 aromatic rings. The van der Waals surface area contributed by atoms with Crippen LogP contribution in [0.1, 0.15) is 21.6 Å². The summed E-state index contributed by atoms with van der Waals surface area (Å²) < 4.78 is 37.3. The summed E-state index contributed by atoms with van der Waals surface area (Å²) in [4.78, 5) is 29.6. The highest BCUT2D eigenvalue weighted by Crippen LogP contribution is 2.28. The molecule has 1 heterocycles. The Morgan fingerprint density at radius 3 is 2.46 bits per heavy atom. The number of hydrogen-bond acceptors (Lipinski definition) is 4. The summed E-state index contributed by atoms with van der Waals surface area (Å²) in [7, 11) is 0. The van der Waals surface area contributed by atoms with Crippen LogP contribution in [0.3, 0.4) is 0 Å². The summed E-state index contributed by atoms with van der Waals surface area (Å²) in [6, 6.07) is 5.29. The molecule has 3 N–H and O–H groups in total. The van der Waals surface area contributed by atoms with E-state index in [1.54, 1.807) is 6.92 Å². The van der Waals surface area contributed by atoms with Crippen molar-refractivity contribution >= 4 is 11.9 Å². The zero-order valence-corrected chi connectivity index (χ0v) is 12.7. The first-order valence-corrected chi connectivity index (χ1v) is 7.03. The number of hydrogen-bond donors (Lipinski definition) is 3. The molecular formula is C15H15F3N4O2. The van der Waals surface area contributed by atoms with Gasteiger partial charge in [-0.25, -0.2) is 4.98 Å². The normalized spacial score (nSPS) is 11.2. The van der Waals surface area contributed by atoms with Gasteiger partial charge in [-0.2, -0.15) is 13.2 Å². The molecule has 1 aromatic heterocycles. The topological polar surface area (TPSA) is 86.9 Å². The van der Waals surface area contributed by atoms with Gasteiger partial charge >= 0.3 is 6.18 Å². The highest BCUT2D eigenvalue weighted by Gasteiger charge is 2.30. The molecule has 0 radical (unpaired) electrons. The quantitative estimate of drug-likeness (QED) is 0.726. The van der Waals surface area contributed by atoms with Crippen LogP contribution in [0.4, 0.5) is 19.1 Å². The van der Waals surface area contributed by atoms with Crippen LogP contribution >= 0.6 is 0 Å². The minimum atomic E-state index is -4.43. The van der Waals surface area contributed by atoms with E-state index in [-0.39, 0.29) is 23.6 Å². The number of rotatable bonds is 5. The predicted molar refractivity (Wildman–Crippen MR) is 81.9 cm³/mol. The highest BCUT2D eigenvalue weighted by atomic mass is 19.4. The average molecular weight is 340 g/mol. The molecule has 0 fully saturated rings. The summed E-state index contributed by atoms with van der Waals surface area (Å²) >= 11 is 0. The van der Waals surface area contributed by atoms with E-state index in [2.05, 4.69) is 20.6 Å². The van der Waals surface area contributed by atoms with Gasteiger partial charge < -0.3 is 10.6 Å². The van der Waals surface area contributed by atoms with Gasteiger partial charge in [0.2, 0.25) is 5.95 Å². The van der Waals surface area contributed by atoms with E-state index in [4.69, 9.17) is 0 Å². The zero-order valence-electron chi connectivity index (χ0n) is 12.7. The second-order valence-electron chi connectivity index (χ2n) is 4.99. The molecule has 0 spiro atoms. The summed E-state index contributed by atoms with van der Waals surface area (Å²) in [6.45, 7) is 2.17. The predicted octanol–water partition coefficient (Wildman–Crippen LogP) is 1.94. The maximum atomic E-state index is 12.4. The summed E-state index contributed by atoms with van der Waals surface area (Å²) in [6.07, 6.45) is -4.43. The summed E-state index contributed by atoms with van der Waals surface area (Å²) in [5, 5.41) is 5.39. The number of alkyl halides is 3. The van der Waals surface area contributed by atoms with Gasteiger partial charge in [-0.1, -0.05) is 0 Å². The second-order valence-corrected chi connectivity index (χ2v) is 4.99. The van der Waals surface area contributed by atoms with Gasteiger partial charge in [-0.15, -0.1) is 0 Å². The Morgan fingerprint density at radius 1 is 1.21 bits per heavy atom. The van der Waals surface area contributed by atoms with Crippen LogP contribution in [-0.2, 0) is 6.18 Å². The van der Waals surface area contributed by atoms with Crippen LogP contribution in [0.5, 0.6) is 0 Å². The minimum absolute atomic E-state index is 0.130. The smallest absolute Gasteiger partial charge is 0.354 e. The first kappa shape index (κ1) is 17.5. The van der Waals surface area contributed by atoms with Crippen molar-refractivity contribution < 1.29 is 18.0 Å². The fourth-order valence-electron chi connectivity index (χ4n) is 1.93. The number of nitrogens with zero attached hydrogens (tertiary/aromatic N) is 1. The van der Waals surface area contributed by atoms with Crippen molar-refractivity contribution in [1.29, 1.82) is 0 Å². The lowest BCUT2D eigenvalue weighted by Crippen LogP contribution is -2.29. The van der Waals surface area contributed by atoms with E-state index in [1.807, 2.05) is 0 Å². The molecule has 0 aliphatic heterocycles. The van der Waals surface area contributed by atoms with Crippen LogP contribution < -0.4 is 16.2 Å². The van der Waals surface area contributed by atoms with Crippen molar-refractivity contribution in [3.8, 4) is 0 Å². The number of amides is 1. The Labute approximate surface area is 135 Å². The number of halogens is 3. The van der Waals surface area contributed by atoms with Crippen molar-refractivity contribution in [2.45, 2.75) is 13.1 Å². The Kier molecular flexibility index (Phi) is 5.22. The van der Waals surface area contributed by atoms with E-state index in [0.717, 1.165) is 24.3 Å². The Hall–Kier alpha value is -2.84. The number of nitrogens with one attached hydrogen (secondary N) is 3. The molecule has 1 aromatic carbocycles. The molecule has 24 heavy (non-hydrogen) atoms. The van der Waals surface area contributed by atoms with Gasteiger partial charge in [0.05, 0.1) is 5.56 Å². The molecule has 1 amide bonds. The second kappa shape index (κ2) is 7.16. The van der Waals surface area contributed by atoms with Crippen LogP contribution in [-0.4, -0.2) is 29.0 Å². The van der Waals surface area contributed by atoms with Gasteiger partial charge in [0.15, 0.2) is 0 Å². The SMILES string of the molecule is Cc1cc(=O)[nH]c(NCCNC(=O)c2ccc(C(F)(F)F)cc2)n1. The lowest BCUT2D eigenvalue weighted by molar-refractivity contribution is -0.137. The van der Waals surface area contributed by atoms with Crippen LogP contribution in [0.15, 0.2) is 35.1 Å². The molecule has 0 saturated carbocycles. The maximum Gasteiger partial charge on any atom is 0.416 e. The monoisotopic (exact) mass is 340 g/mol. The lowest BCUT2D eigenvalue weighted by atomic mass is 10.1. The zero-order chi connectivity index (χ0) is 17.7. The van der Waals surface area contributed by atoms with E-state index in [0.29, 0.717) is 12.2 Å². The molecule has 0 aliphatic carbocycles. The highest BCUT2D eigenvalue weighted by molar-refractivity contribution is 5.94. The van der Waals surface area contributed by atoms with Gasteiger partial charge in [-0.3, -0.25) is 14.6 Å². The van der Waals surface area contributed by atoms with Crippen molar-refractivity contribution in [2.75, 3.05) is 18.4 Å². The summed E-state index contributed by atoms with van der Waals surface area (Å²) in [5.74, 6) is -0.208. The number of aromatic nitrogens is 2. The fourth-order valence-corrected chi connectivity index (χ4v) is 1.93. The molecule has 0 unspecified atom stereocenters. The molecule has 9 heteroatoms. The largest absolute Gasteiger partial charge is 0.416 e. The molecule has 2 rings (SSSR count). The van der Waals surface area contributed by atoms with Crippen LogP contribution in [0, 0.1) is 6.92 Å². The Bertz CT molecular complexity index is 770. The van der Waals surface area contributed by atoms with Crippen LogP contribution in [0.2, 0.25) is 0 Å². The first-order chi connectivity index (χ1) is 11.3. The third-order valence-corrected chi connectivity index (χ3v) is 3.05. The van der Waals surface area contributed by atoms with Crippen molar-refractivity contribution in [1.82, 2.24) is 15.3 Å². The van der Waals surface area contributed by atoms with Crippen molar-refractivity contribution in [3.63, 3.8) is 0 Å². The first-order valence-electron chi connectivity index (χ1n) is 7.03. The van der Waals surface area contributed by atoms with E-state index in [9.17, 15) is 22.8 Å². The number of aromatic amines is 1. The number of H-pyrrole nitrogens is 1. The van der Waals surface area contributed by atoms with E-state index < -0.39 is 17.6 Å². The molecular weight excluding hydrogens is 325 g/mol. The van der Waals surface area contributed by atoms with Crippen molar-refractivity contribution in [2.24, 2.45) is 0 Å². The van der Waals surface area contributed by atoms with Gasteiger partial charge in [-0.05, 0) is 31.2 Å². The van der Waals surface area contributed by atoms with E-state index in [1.165, 1.54) is 6.07 Å². The number of anilines is 1. The molecule has 0 bridgehead atoms. The van der Waals surface area contributed by atoms with E-state index >= 15 is 0 Å². The molecule has 6 nitrogen and oxygen atoms in total. The Morgan fingerprint density at radius 2 is 1.88 bits per heavy atom. The molecule has 0 saturated heterocycles. The van der Waals surface area contributed by atoms with Crippen LogP contribution in [0.25, 0.3) is 0 Å². The number of aryl methyl sites for hydroxylation is 1. The fraction of sp³-hybridized carbons (Fsp3) is 0.267. The third-order valence-electron chi connectivity index (χ3n) is 3.05. The van der Waals surface area contributed by atoms with Gasteiger partial charge in [0.25, 0.3) is 11.5 Å². The number of carbonyl (C=O) groups excluding carboxylic acids is 1.